The highest BCUT2D eigenvalue weighted by atomic mass is 14.8. The molecule has 0 bridgehead atoms. The van der Waals surface area contributed by atoms with E-state index in [1.807, 2.05) is 0 Å². The molecule has 1 unspecified atom stereocenters. The summed E-state index contributed by atoms with van der Waals surface area (Å²) in [5.41, 5.74) is 9.39. The van der Waals surface area contributed by atoms with E-state index in [1.165, 1.54) is 11.1 Å². The minimum Gasteiger partial charge on any atom is -0.325 e. The molecule has 0 saturated heterocycles. The largest absolute Gasteiger partial charge is 0.325 e. The van der Waals surface area contributed by atoms with Crippen molar-refractivity contribution in [3.05, 3.63) is 35.4 Å². The molecule has 0 radical (unpaired) electrons. The summed E-state index contributed by atoms with van der Waals surface area (Å²) >= 11 is 0. The van der Waals surface area contributed by atoms with Gasteiger partial charge in [-0.05, 0) is 36.3 Å². The van der Waals surface area contributed by atoms with E-state index in [0.717, 1.165) is 19.3 Å². The molecular formula is C13H19N. The first-order valence-corrected chi connectivity index (χ1v) is 5.47. The Bertz CT molecular complexity index is 330. The van der Waals surface area contributed by atoms with Gasteiger partial charge in [0.2, 0.25) is 0 Å². The summed E-state index contributed by atoms with van der Waals surface area (Å²) in [7, 11) is 0. The van der Waals surface area contributed by atoms with Gasteiger partial charge in [-0.2, -0.15) is 0 Å². The number of rotatable bonds is 1. The summed E-state index contributed by atoms with van der Waals surface area (Å²) < 4.78 is 0. The minimum absolute atomic E-state index is 0.0222. The van der Waals surface area contributed by atoms with E-state index in [1.54, 1.807) is 0 Å². The number of aryl methyl sites for hydroxylation is 1. The third-order valence-corrected chi connectivity index (χ3v) is 3.65. The normalized spacial score (nSPS) is 26.3. The maximum atomic E-state index is 6.42. The molecule has 14 heavy (non-hydrogen) atoms. The zero-order valence-electron chi connectivity index (χ0n) is 9.09. The predicted molar refractivity (Wildman–Crippen MR) is 60.2 cm³/mol. The van der Waals surface area contributed by atoms with Crippen molar-refractivity contribution in [3.63, 3.8) is 0 Å². The van der Waals surface area contributed by atoms with Gasteiger partial charge in [0.15, 0.2) is 0 Å². The lowest BCUT2D eigenvalue weighted by atomic mass is 9.72. The van der Waals surface area contributed by atoms with Crippen molar-refractivity contribution in [2.75, 3.05) is 0 Å². The summed E-state index contributed by atoms with van der Waals surface area (Å²) in [4.78, 5) is 0. The quantitative estimate of drug-likeness (QED) is 0.722. The van der Waals surface area contributed by atoms with Gasteiger partial charge in [-0.1, -0.05) is 38.1 Å². The van der Waals surface area contributed by atoms with E-state index >= 15 is 0 Å². The predicted octanol–water partition coefficient (Wildman–Crippen LogP) is 2.53. The van der Waals surface area contributed by atoms with Gasteiger partial charge < -0.3 is 5.73 Å². The number of hydrogen-bond acceptors (Lipinski definition) is 1. The molecule has 2 N–H and O–H groups in total. The van der Waals surface area contributed by atoms with Crippen LogP contribution in [0.3, 0.4) is 0 Å². The molecular weight excluding hydrogens is 170 g/mol. The number of benzene rings is 1. The Morgan fingerprint density at radius 3 is 2.50 bits per heavy atom. The third kappa shape index (κ3) is 1.57. The van der Waals surface area contributed by atoms with Crippen LogP contribution < -0.4 is 5.73 Å². The van der Waals surface area contributed by atoms with Crippen LogP contribution in [-0.2, 0) is 12.8 Å². The molecule has 1 aromatic rings. The highest BCUT2D eigenvalue weighted by molar-refractivity contribution is 5.32. The molecule has 1 heteroatoms. The zero-order valence-corrected chi connectivity index (χ0v) is 9.09. The summed E-state index contributed by atoms with van der Waals surface area (Å²) in [6.07, 6.45) is 3.31. The molecule has 0 spiro atoms. The summed E-state index contributed by atoms with van der Waals surface area (Å²) in [5.74, 6) is 0.566. The summed E-state index contributed by atoms with van der Waals surface area (Å²) in [5, 5.41) is 0. The Labute approximate surface area is 86.3 Å². The van der Waals surface area contributed by atoms with E-state index < -0.39 is 0 Å². The Morgan fingerprint density at radius 2 is 1.86 bits per heavy atom. The van der Waals surface area contributed by atoms with Crippen LogP contribution in [0.1, 0.15) is 31.4 Å². The van der Waals surface area contributed by atoms with Crippen molar-refractivity contribution in [1.82, 2.24) is 0 Å². The average molecular weight is 189 g/mol. The van der Waals surface area contributed by atoms with Gasteiger partial charge in [0.1, 0.15) is 0 Å². The Hall–Kier alpha value is -0.820. The molecule has 0 aromatic heterocycles. The monoisotopic (exact) mass is 189 g/mol. The highest BCUT2D eigenvalue weighted by Crippen LogP contribution is 2.31. The third-order valence-electron chi connectivity index (χ3n) is 3.65. The second kappa shape index (κ2) is 3.39. The number of fused-ring (bicyclic) bond motifs is 1. The van der Waals surface area contributed by atoms with Gasteiger partial charge in [-0.25, -0.2) is 0 Å². The van der Waals surface area contributed by atoms with Gasteiger partial charge in [0, 0.05) is 5.54 Å². The Kier molecular flexibility index (Phi) is 2.36. The second-order valence-electron chi connectivity index (χ2n) is 4.83. The highest BCUT2D eigenvalue weighted by Gasteiger charge is 2.32. The fourth-order valence-electron chi connectivity index (χ4n) is 2.28. The fourth-order valence-corrected chi connectivity index (χ4v) is 2.28. The van der Waals surface area contributed by atoms with Crippen LogP contribution in [0.2, 0.25) is 0 Å². The fraction of sp³-hybridized carbons (Fsp3) is 0.538. The van der Waals surface area contributed by atoms with Crippen LogP contribution in [0.25, 0.3) is 0 Å². The van der Waals surface area contributed by atoms with Gasteiger partial charge in [-0.3, -0.25) is 0 Å². The van der Waals surface area contributed by atoms with Gasteiger partial charge in [0.05, 0.1) is 0 Å². The van der Waals surface area contributed by atoms with Gasteiger partial charge >= 0.3 is 0 Å². The van der Waals surface area contributed by atoms with Crippen LogP contribution in [0.15, 0.2) is 24.3 Å². The summed E-state index contributed by atoms with van der Waals surface area (Å²) in [6.45, 7) is 4.46. The number of hydrogen-bond donors (Lipinski definition) is 1. The SMILES string of the molecule is CC(C)C1(N)CCc2ccccc2C1. The van der Waals surface area contributed by atoms with E-state index in [-0.39, 0.29) is 5.54 Å². The molecule has 0 heterocycles. The topological polar surface area (TPSA) is 26.0 Å². The van der Waals surface area contributed by atoms with Crippen molar-refractivity contribution in [2.45, 2.75) is 38.6 Å². The maximum absolute atomic E-state index is 6.42. The lowest BCUT2D eigenvalue weighted by molar-refractivity contribution is 0.273. The van der Waals surface area contributed by atoms with Crippen LogP contribution >= 0.6 is 0 Å². The Balaban J connectivity index is 2.29. The van der Waals surface area contributed by atoms with E-state index in [9.17, 15) is 0 Å². The lowest BCUT2D eigenvalue weighted by Crippen LogP contribution is -2.49. The smallest absolute Gasteiger partial charge is 0.0221 e. The zero-order chi connectivity index (χ0) is 10.2. The second-order valence-corrected chi connectivity index (χ2v) is 4.83. The Morgan fingerprint density at radius 1 is 1.21 bits per heavy atom. The first-order valence-electron chi connectivity index (χ1n) is 5.47. The molecule has 0 aliphatic heterocycles. The molecule has 76 valence electrons. The molecule has 1 aromatic carbocycles. The van der Waals surface area contributed by atoms with Gasteiger partial charge in [0.25, 0.3) is 0 Å². The van der Waals surface area contributed by atoms with Crippen molar-refractivity contribution >= 4 is 0 Å². The molecule has 1 atom stereocenters. The van der Waals surface area contributed by atoms with Crippen LogP contribution in [0.4, 0.5) is 0 Å². The first kappa shape index (κ1) is 9.72. The standard InChI is InChI=1S/C13H19N/c1-10(2)13(14)8-7-11-5-3-4-6-12(11)9-13/h3-6,10H,7-9,14H2,1-2H3. The van der Waals surface area contributed by atoms with Crippen molar-refractivity contribution in [1.29, 1.82) is 0 Å². The number of nitrogens with two attached hydrogens (primary N) is 1. The first-order chi connectivity index (χ1) is 6.62. The van der Waals surface area contributed by atoms with E-state index in [0.29, 0.717) is 5.92 Å². The molecule has 2 rings (SSSR count). The lowest BCUT2D eigenvalue weighted by Gasteiger charge is -2.38. The van der Waals surface area contributed by atoms with Crippen LogP contribution in [0.5, 0.6) is 0 Å². The summed E-state index contributed by atoms with van der Waals surface area (Å²) in [6, 6.07) is 8.69. The van der Waals surface area contributed by atoms with Crippen molar-refractivity contribution in [3.8, 4) is 0 Å². The van der Waals surface area contributed by atoms with E-state index in [2.05, 4.69) is 38.1 Å². The van der Waals surface area contributed by atoms with Crippen LogP contribution in [-0.4, -0.2) is 5.54 Å². The molecule has 0 saturated carbocycles. The molecule has 1 aliphatic carbocycles. The maximum Gasteiger partial charge on any atom is 0.0221 e. The average Bonchev–Trinajstić information content (AvgIpc) is 2.17. The van der Waals surface area contributed by atoms with Crippen molar-refractivity contribution in [2.24, 2.45) is 11.7 Å². The minimum atomic E-state index is 0.0222. The van der Waals surface area contributed by atoms with Crippen LogP contribution in [0, 0.1) is 5.92 Å². The molecule has 0 amide bonds. The molecule has 1 nitrogen and oxygen atoms in total. The molecule has 1 aliphatic rings. The van der Waals surface area contributed by atoms with E-state index in [4.69, 9.17) is 5.73 Å². The van der Waals surface area contributed by atoms with Crippen molar-refractivity contribution < 1.29 is 0 Å². The molecule has 0 fully saturated rings. The van der Waals surface area contributed by atoms with Gasteiger partial charge in [-0.15, -0.1) is 0 Å².